The molecule has 3 aromatic rings. The number of benzene rings is 1. The number of hydrogen-bond acceptors (Lipinski definition) is 4. The van der Waals surface area contributed by atoms with Gasteiger partial charge >= 0.3 is 0 Å². The standard InChI is InChI=1S/C21H22N4O3/c1-14-7-9-15(10-8-14)23-20(26)18-17-6-2-3-11-25(17)19(24-18)21(27)22-13-16-5-4-12-28-16/h4-5,7-10,12H,2-3,6,11,13H2,1H3,(H,22,27)(H,23,26). The second-order valence-corrected chi connectivity index (χ2v) is 6.92. The molecule has 0 unspecified atom stereocenters. The van der Waals surface area contributed by atoms with Gasteiger partial charge in [0, 0.05) is 12.2 Å². The van der Waals surface area contributed by atoms with Crippen molar-refractivity contribution < 1.29 is 14.0 Å². The van der Waals surface area contributed by atoms with Gasteiger partial charge in [0.25, 0.3) is 11.8 Å². The summed E-state index contributed by atoms with van der Waals surface area (Å²) in [5.41, 5.74) is 2.97. The van der Waals surface area contributed by atoms with Crippen LogP contribution >= 0.6 is 0 Å². The number of aromatic nitrogens is 2. The van der Waals surface area contributed by atoms with E-state index in [0.29, 0.717) is 23.7 Å². The molecule has 1 aliphatic heterocycles. The lowest BCUT2D eigenvalue weighted by molar-refractivity contribution is 0.0932. The predicted octanol–water partition coefficient (Wildman–Crippen LogP) is 3.30. The van der Waals surface area contributed by atoms with Gasteiger partial charge in [-0.2, -0.15) is 0 Å². The van der Waals surface area contributed by atoms with E-state index in [9.17, 15) is 9.59 Å². The van der Waals surface area contributed by atoms with E-state index in [-0.39, 0.29) is 24.2 Å². The summed E-state index contributed by atoms with van der Waals surface area (Å²) in [5, 5.41) is 5.69. The molecule has 0 radical (unpaired) electrons. The minimum absolute atomic E-state index is 0.273. The molecule has 4 rings (SSSR count). The van der Waals surface area contributed by atoms with E-state index in [4.69, 9.17) is 4.42 Å². The first-order valence-electron chi connectivity index (χ1n) is 9.40. The van der Waals surface area contributed by atoms with Gasteiger partial charge in [-0.3, -0.25) is 9.59 Å². The summed E-state index contributed by atoms with van der Waals surface area (Å²) in [5.74, 6) is 0.333. The number of carbonyl (C=O) groups is 2. The van der Waals surface area contributed by atoms with Gasteiger partial charge in [0.15, 0.2) is 11.5 Å². The van der Waals surface area contributed by atoms with Gasteiger partial charge in [-0.05, 0) is 50.5 Å². The first-order chi connectivity index (χ1) is 13.6. The zero-order valence-electron chi connectivity index (χ0n) is 15.7. The van der Waals surface area contributed by atoms with Crippen LogP contribution in [0.2, 0.25) is 0 Å². The molecular weight excluding hydrogens is 356 g/mol. The van der Waals surface area contributed by atoms with Crippen LogP contribution in [0.4, 0.5) is 5.69 Å². The molecule has 0 saturated heterocycles. The van der Waals surface area contributed by atoms with Crippen LogP contribution in [-0.4, -0.2) is 21.4 Å². The predicted molar refractivity (Wildman–Crippen MR) is 104 cm³/mol. The van der Waals surface area contributed by atoms with Gasteiger partial charge in [-0.1, -0.05) is 17.7 Å². The minimum atomic E-state index is -0.311. The fraction of sp³-hybridized carbons (Fsp3) is 0.286. The Morgan fingerprint density at radius 2 is 1.96 bits per heavy atom. The van der Waals surface area contributed by atoms with Crippen LogP contribution in [0.3, 0.4) is 0 Å². The van der Waals surface area contributed by atoms with Crippen molar-refractivity contribution in [2.24, 2.45) is 0 Å². The van der Waals surface area contributed by atoms with Crippen LogP contribution in [0, 0.1) is 6.92 Å². The summed E-state index contributed by atoms with van der Waals surface area (Å²) in [4.78, 5) is 29.9. The summed E-state index contributed by atoms with van der Waals surface area (Å²) in [7, 11) is 0. The summed E-state index contributed by atoms with van der Waals surface area (Å²) < 4.78 is 7.11. The lowest BCUT2D eigenvalue weighted by Gasteiger charge is -2.17. The van der Waals surface area contributed by atoms with E-state index in [2.05, 4.69) is 15.6 Å². The Morgan fingerprint density at radius 1 is 1.14 bits per heavy atom. The van der Waals surface area contributed by atoms with Crippen molar-refractivity contribution >= 4 is 17.5 Å². The van der Waals surface area contributed by atoms with E-state index in [1.54, 1.807) is 18.4 Å². The molecule has 0 bridgehead atoms. The fourth-order valence-electron chi connectivity index (χ4n) is 3.39. The number of amides is 2. The molecule has 2 N–H and O–H groups in total. The van der Waals surface area contributed by atoms with Crippen molar-refractivity contribution in [3.8, 4) is 0 Å². The van der Waals surface area contributed by atoms with Crippen molar-refractivity contribution in [3.05, 3.63) is 71.2 Å². The van der Waals surface area contributed by atoms with Gasteiger partial charge in [-0.15, -0.1) is 0 Å². The highest BCUT2D eigenvalue weighted by molar-refractivity contribution is 6.05. The Morgan fingerprint density at radius 3 is 2.71 bits per heavy atom. The summed E-state index contributed by atoms with van der Waals surface area (Å²) in [6.45, 7) is 2.95. The molecule has 0 fully saturated rings. The number of furan rings is 1. The highest BCUT2D eigenvalue weighted by Gasteiger charge is 2.27. The third-order valence-electron chi connectivity index (χ3n) is 4.85. The molecule has 144 valence electrons. The van der Waals surface area contributed by atoms with Gasteiger partial charge in [0.2, 0.25) is 0 Å². The molecule has 7 nitrogen and oxygen atoms in total. The Balaban J connectivity index is 1.56. The van der Waals surface area contributed by atoms with Gasteiger partial charge in [0.1, 0.15) is 5.76 Å². The summed E-state index contributed by atoms with van der Waals surface area (Å²) in [6, 6.07) is 11.1. The normalized spacial score (nSPS) is 13.0. The Hall–Kier alpha value is -3.35. The molecule has 2 aromatic heterocycles. The highest BCUT2D eigenvalue weighted by Crippen LogP contribution is 2.22. The molecule has 0 saturated carbocycles. The number of anilines is 1. The molecule has 2 amide bonds. The molecule has 28 heavy (non-hydrogen) atoms. The average molecular weight is 378 g/mol. The second kappa shape index (κ2) is 7.72. The topological polar surface area (TPSA) is 89.2 Å². The van der Waals surface area contributed by atoms with Crippen molar-refractivity contribution in [2.45, 2.75) is 39.3 Å². The van der Waals surface area contributed by atoms with Crippen LogP contribution in [0.25, 0.3) is 0 Å². The van der Waals surface area contributed by atoms with Crippen LogP contribution < -0.4 is 10.6 Å². The van der Waals surface area contributed by atoms with Crippen LogP contribution in [0.1, 0.15) is 51.0 Å². The quantitative estimate of drug-likeness (QED) is 0.713. The van der Waals surface area contributed by atoms with Gasteiger partial charge in [0.05, 0.1) is 18.5 Å². The van der Waals surface area contributed by atoms with Gasteiger partial charge < -0.3 is 19.6 Å². The number of nitrogens with one attached hydrogen (secondary N) is 2. The first kappa shape index (κ1) is 18.0. The Bertz CT molecular complexity index is 988. The molecule has 3 heterocycles. The maximum atomic E-state index is 12.8. The zero-order chi connectivity index (χ0) is 19.5. The summed E-state index contributed by atoms with van der Waals surface area (Å²) >= 11 is 0. The minimum Gasteiger partial charge on any atom is -0.467 e. The number of carbonyl (C=O) groups excluding carboxylic acids is 2. The highest BCUT2D eigenvalue weighted by atomic mass is 16.3. The first-order valence-corrected chi connectivity index (χ1v) is 9.40. The lowest BCUT2D eigenvalue weighted by Crippen LogP contribution is -2.27. The van der Waals surface area contributed by atoms with Crippen LogP contribution in [0.15, 0.2) is 47.1 Å². The third kappa shape index (κ3) is 3.69. The number of hydrogen-bond donors (Lipinski definition) is 2. The van der Waals surface area contributed by atoms with Crippen molar-refractivity contribution in [2.75, 3.05) is 5.32 Å². The van der Waals surface area contributed by atoms with E-state index in [1.165, 1.54) is 0 Å². The Kier molecular flexibility index (Phi) is 4.97. The molecular formula is C21H22N4O3. The maximum absolute atomic E-state index is 12.8. The number of imidazole rings is 1. The largest absolute Gasteiger partial charge is 0.467 e. The van der Waals surface area contributed by atoms with E-state index >= 15 is 0 Å². The number of aryl methyl sites for hydroxylation is 1. The zero-order valence-corrected chi connectivity index (χ0v) is 15.7. The molecule has 0 atom stereocenters. The Labute approximate surface area is 162 Å². The van der Waals surface area contributed by atoms with Gasteiger partial charge in [-0.25, -0.2) is 4.98 Å². The SMILES string of the molecule is Cc1ccc(NC(=O)c2nc(C(=O)NCc3ccco3)n3c2CCCC3)cc1. The van der Waals surface area contributed by atoms with Crippen LogP contribution in [0.5, 0.6) is 0 Å². The molecule has 1 aliphatic rings. The monoisotopic (exact) mass is 378 g/mol. The van der Waals surface area contributed by atoms with E-state index < -0.39 is 0 Å². The fourth-order valence-corrected chi connectivity index (χ4v) is 3.39. The number of fused-ring (bicyclic) bond motifs is 1. The molecule has 0 aliphatic carbocycles. The lowest BCUT2D eigenvalue weighted by atomic mass is 10.1. The smallest absolute Gasteiger partial charge is 0.287 e. The van der Waals surface area contributed by atoms with Crippen molar-refractivity contribution in [1.29, 1.82) is 0 Å². The number of nitrogens with zero attached hydrogens (tertiary/aromatic N) is 2. The van der Waals surface area contributed by atoms with E-state index in [1.807, 2.05) is 35.8 Å². The summed E-state index contributed by atoms with van der Waals surface area (Å²) in [6.07, 6.45) is 4.23. The molecule has 7 heteroatoms. The van der Waals surface area contributed by atoms with Crippen molar-refractivity contribution in [1.82, 2.24) is 14.9 Å². The number of rotatable bonds is 5. The van der Waals surface area contributed by atoms with Crippen molar-refractivity contribution in [3.63, 3.8) is 0 Å². The molecule has 1 aromatic carbocycles. The maximum Gasteiger partial charge on any atom is 0.287 e. The van der Waals surface area contributed by atoms with E-state index in [0.717, 1.165) is 30.5 Å². The van der Waals surface area contributed by atoms with Crippen LogP contribution in [-0.2, 0) is 19.5 Å². The second-order valence-electron chi connectivity index (χ2n) is 6.92. The molecule has 0 spiro atoms. The average Bonchev–Trinajstić information content (AvgIpc) is 3.36. The third-order valence-corrected chi connectivity index (χ3v) is 4.85.